The number of aromatic nitrogens is 3. The van der Waals surface area contributed by atoms with Gasteiger partial charge in [-0.1, -0.05) is 41.6 Å². The number of carbonyl (C=O) groups is 1. The van der Waals surface area contributed by atoms with Gasteiger partial charge in [-0.15, -0.1) is 5.10 Å². The Kier molecular flexibility index (Phi) is 5.46. The minimum absolute atomic E-state index is 0.146. The molecule has 1 aliphatic rings. The summed E-state index contributed by atoms with van der Waals surface area (Å²) in [5.41, 5.74) is 2.53. The molecular weight excluding hydrogens is 368 g/mol. The normalized spacial score (nSPS) is 13.7. The van der Waals surface area contributed by atoms with Gasteiger partial charge < -0.3 is 14.4 Å². The fourth-order valence-corrected chi connectivity index (χ4v) is 3.29. The second-order valence-corrected chi connectivity index (χ2v) is 7.10. The minimum Gasteiger partial charge on any atom is -0.486 e. The number of benzene rings is 2. The summed E-state index contributed by atoms with van der Waals surface area (Å²) in [6, 6.07) is 15.8. The highest BCUT2D eigenvalue weighted by molar-refractivity contribution is 5.92. The Bertz CT molecular complexity index is 987. The maximum Gasteiger partial charge on any atom is 0.276 e. The molecule has 0 bridgehead atoms. The van der Waals surface area contributed by atoms with Crippen LogP contribution in [-0.4, -0.2) is 46.1 Å². The third-order valence-corrected chi connectivity index (χ3v) is 5.18. The summed E-state index contributed by atoms with van der Waals surface area (Å²) in [5.74, 6) is 1.29. The van der Waals surface area contributed by atoms with Gasteiger partial charge in [0.2, 0.25) is 0 Å². The number of rotatable bonds is 6. The average Bonchev–Trinajstić information content (AvgIpc) is 3.25. The predicted molar refractivity (Wildman–Crippen MR) is 108 cm³/mol. The van der Waals surface area contributed by atoms with Gasteiger partial charge in [0.05, 0.1) is 12.2 Å². The van der Waals surface area contributed by atoms with Crippen molar-refractivity contribution in [3.8, 4) is 11.5 Å². The molecule has 1 aromatic heterocycles. The van der Waals surface area contributed by atoms with Gasteiger partial charge in [-0.2, -0.15) is 0 Å². The third kappa shape index (κ3) is 4.23. The van der Waals surface area contributed by atoms with E-state index in [1.54, 1.807) is 22.8 Å². The Hall–Kier alpha value is -3.35. The van der Waals surface area contributed by atoms with Crippen molar-refractivity contribution in [3.05, 3.63) is 71.5 Å². The highest BCUT2D eigenvalue weighted by Gasteiger charge is 2.23. The number of hydrogen-bond acceptors (Lipinski definition) is 5. The molecule has 7 heteroatoms. The largest absolute Gasteiger partial charge is 0.486 e. The molecule has 150 valence electrons. The van der Waals surface area contributed by atoms with Gasteiger partial charge in [-0.3, -0.25) is 9.48 Å². The number of fused-ring (bicyclic) bond motifs is 1. The quantitative estimate of drug-likeness (QED) is 0.645. The van der Waals surface area contributed by atoms with Crippen LogP contribution in [0.4, 0.5) is 0 Å². The molecule has 3 aromatic rings. The summed E-state index contributed by atoms with van der Waals surface area (Å²) in [5, 5.41) is 8.18. The van der Waals surface area contributed by atoms with E-state index in [9.17, 15) is 4.79 Å². The number of nitrogens with zero attached hydrogens (tertiary/aromatic N) is 4. The van der Waals surface area contributed by atoms with Crippen LogP contribution in [0.25, 0.3) is 0 Å². The molecule has 2 aromatic carbocycles. The van der Waals surface area contributed by atoms with E-state index in [0.29, 0.717) is 31.2 Å². The van der Waals surface area contributed by atoms with Gasteiger partial charge in [-0.25, -0.2) is 0 Å². The molecule has 0 saturated heterocycles. The Morgan fingerprint density at radius 1 is 1.14 bits per heavy atom. The van der Waals surface area contributed by atoms with E-state index in [2.05, 4.69) is 22.4 Å². The molecule has 0 spiro atoms. The van der Waals surface area contributed by atoms with Crippen LogP contribution < -0.4 is 9.47 Å². The van der Waals surface area contributed by atoms with Crippen molar-refractivity contribution in [1.29, 1.82) is 0 Å². The monoisotopic (exact) mass is 392 g/mol. The summed E-state index contributed by atoms with van der Waals surface area (Å²) in [4.78, 5) is 14.6. The van der Waals surface area contributed by atoms with Gasteiger partial charge in [-0.05, 0) is 36.6 Å². The van der Waals surface area contributed by atoms with Crippen LogP contribution in [-0.2, 0) is 13.0 Å². The van der Waals surface area contributed by atoms with Gasteiger partial charge in [0, 0.05) is 13.6 Å². The molecule has 0 aliphatic carbocycles. The first kappa shape index (κ1) is 19.0. The Morgan fingerprint density at radius 2 is 1.90 bits per heavy atom. The molecule has 1 amide bonds. The van der Waals surface area contributed by atoms with Crippen molar-refractivity contribution in [3.63, 3.8) is 0 Å². The molecule has 0 fully saturated rings. The lowest BCUT2D eigenvalue weighted by molar-refractivity contribution is 0.0736. The lowest BCUT2D eigenvalue weighted by Crippen LogP contribution is -2.30. The zero-order valence-electron chi connectivity index (χ0n) is 16.6. The minimum atomic E-state index is -0.168. The Balaban J connectivity index is 1.41. The van der Waals surface area contributed by atoms with Crippen LogP contribution in [0.5, 0.6) is 11.5 Å². The molecule has 1 atom stereocenters. The van der Waals surface area contributed by atoms with Crippen molar-refractivity contribution in [2.45, 2.75) is 25.9 Å². The van der Waals surface area contributed by atoms with Crippen molar-refractivity contribution in [2.75, 3.05) is 20.3 Å². The van der Waals surface area contributed by atoms with Crippen LogP contribution in [0.3, 0.4) is 0 Å². The molecule has 2 heterocycles. The highest BCUT2D eigenvalue weighted by atomic mass is 16.6. The predicted octanol–water partition coefficient (Wildman–Crippen LogP) is 3.13. The molecule has 0 radical (unpaired) electrons. The number of amides is 1. The first-order chi connectivity index (χ1) is 14.1. The number of hydrogen-bond donors (Lipinski definition) is 0. The van der Waals surface area contributed by atoms with Crippen LogP contribution in [0, 0.1) is 0 Å². The van der Waals surface area contributed by atoms with Crippen LogP contribution >= 0.6 is 0 Å². The molecule has 1 aliphatic heterocycles. The van der Waals surface area contributed by atoms with Gasteiger partial charge >= 0.3 is 0 Å². The number of aryl methyl sites for hydroxylation is 2. The Labute approximate surface area is 169 Å². The molecule has 29 heavy (non-hydrogen) atoms. The zero-order chi connectivity index (χ0) is 20.2. The molecule has 0 N–H and O–H groups in total. The van der Waals surface area contributed by atoms with E-state index in [4.69, 9.17) is 9.47 Å². The summed E-state index contributed by atoms with van der Waals surface area (Å²) >= 11 is 0. The number of ether oxygens (including phenoxy) is 2. The topological polar surface area (TPSA) is 69.5 Å². The molecular formula is C22H24N4O3. The van der Waals surface area contributed by atoms with Gasteiger partial charge in [0.25, 0.3) is 5.91 Å². The SMILES string of the molecule is C[C@@H](c1ccc2c(c1)OCCO2)N(C)C(=O)c1cn(CCc2ccccc2)nn1. The summed E-state index contributed by atoms with van der Waals surface area (Å²) in [6.45, 7) is 3.74. The van der Waals surface area contributed by atoms with E-state index in [1.807, 2.05) is 43.3 Å². The van der Waals surface area contributed by atoms with Crippen molar-refractivity contribution < 1.29 is 14.3 Å². The molecule has 0 saturated carbocycles. The first-order valence-corrected chi connectivity index (χ1v) is 9.72. The Morgan fingerprint density at radius 3 is 2.69 bits per heavy atom. The van der Waals surface area contributed by atoms with Crippen LogP contribution in [0.2, 0.25) is 0 Å². The van der Waals surface area contributed by atoms with Crippen molar-refractivity contribution in [1.82, 2.24) is 19.9 Å². The van der Waals surface area contributed by atoms with E-state index in [0.717, 1.165) is 17.7 Å². The average molecular weight is 392 g/mol. The van der Waals surface area contributed by atoms with Gasteiger partial charge in [0.15, 0.2) is 17.2 Å². The van der Waals surface area contributed by atoms with E-state index in [1.165, 1.54) is 5.56 Å². The van der Waals surface area contributed by atoms with Crippen molar-refractivity contribution in [2.24, 2.45) is 0 Å². The zero-order valence-corrected chi connectivity index (χ0v) is 16.6. The van der Waals surface area contributed by atoms with E-state index >= 15 is 0 Å². The molecule has 0 unspecified atom stereocenters. The highest BCUT2D eigenvalue weighted by Crippen LogP contribution is 2.33. The van der Waals surface area contributed by atoms with Gasteiger partial charge in [0.1, 0.15) is 13.2 Å². The molecule has 7 nitrogen and oxygen atoms in total. The second kappa shape index (κ2) is 8.34. The fraction of sp³-hybridized carbons (Fsp3) is 0.318. The maximum absolute atomic E-state index is 12.9. The smallest absolute Gasteiger partial charge is 0.276 e. The van der Waals surface area contributed by atoms with Crippen LogP contribution in [0.15, 0.2) is 54.7 Å². The van der Waals surface area contributed by atoms with Crippen LogP contribution in [0.1, 0.15) is 34.6 Å². The summed E-state index contributed by atoms with van der Waals surface area (Å²) < 4.78 is 12.9. The first-order valence-electron chi connectivity index (χ1n) is 9.72. The lowest BCUT2D eigenvalue weighted by atomic mass is 10.1. The summed E-state index contributed by atoms with van der Waals surface area (Å²) in [7, 11) is 1.77. The standard InChI is InChI=1S/C22H24N4O3/c1-16(18-8-9-20-21(14-18)29-13-12-28-20)25(2)22(27)19-15-26(24-23-19)11-10-17-6-4-3-5-7-17/h3-9,14-16H,10-13H2,1-2H3/t16-/m0/s1. The lowest BCUT2D eigenvalue weighted by Gasteiger charge is -2.26. The van der Waals surface area contributed by atoms with Crippen molar-refractivity contribution >= 4 is 5.91 Å². The fourth-order valence-electron chi connectivity index (χ4n) is 3.29. The number of carbonyl (C=O) groups excluding carboxylic acids is 1. The maximum atomic E-state index is 12.9. The summed E-state index contributed by atoms with van der Waals surface area (Å²) in [6.07, 6.45) is 2.54. The molecule has 4 rings (SSSR count). The van der Waals surface area contributed by atoms with E-state index < -0.39 is 0 Å². The van der Waals surface area contributed by atoms with E-state index in [-0.39, 0.29) is 11.9 Å². The second-order valence-electron chi connectivity index (χ2n) is 7.10. The third-order valence-electron chi connectivity index (χ3n) is 5.18.